The maximum absolute atomic E-state index is 13.4. The largest absolute Gasteiger partial charge is 0.293 e. The predicted molar refractivity (Wildman–Crippen MR) is 89.2 cm³/mol. The van der Waals surface area contributed by atoms with Crippen LogP contribution in [0.3, 0.4) is 0 Å². The Morgan fingerprint density at radius 2 is 2.12 bits per heavy atom. The molecule has 0 N–H and O–H groups in total. The summed E-state index contributed by atoms with van der Waals surface area (Å²) in [5, 5.41) is 8.91. The lowest BCUT2D eigenvalue weighted by Gasteiger charge is -2.23. The normalized spacial score (nSPS) is 18.3. The van der Waals surface area contributed by atoms with Gasteiger partial charge in [-0.2, -0.15) is 10.2 Å². The molecule has 1 aromatic carbocycles. The van der Waals surface area contributed by atoms with Crippen molar-refractivity contribution in [1.82, 2.24) is 24.5 Å². The van der Waals surface area contributed by atoms with Crippen LogP contribution in [0.25, 0.3) is 5.69 Å². The van der Waals surface area contributed by atoms with Gasteiger partial charge in [-0.15, -0.1) is 0 Å². The van der Waals surface area contributed by atoms with Crippen LogP contribution in [0.5, 0.6) is 0 Å². The summed E-state index contributed by atoms with van der Waals surface area (Å²) in [5.41, 5.74) is 1.75. The van der Waals surface area contributed by atoms with Crippen molar-refractivity contribution >= 4 is 0 Å². The summed E-state index contributed by atoms with van der Waals surface area (Å²) in [6.45, 7) is 2.81. The number of likely N-dealkylation sites (tertiary alicyclic amines) is 1. The number of rotatable bonds is 5. The van der Waals surface area contributed by atoms with Gasteiger partial charge in [-0.3, -0.25) is 9.58 Å². The van der Waals surface area contributed by atoms with Gasteiger partial charge in [0.05, 0.1) is 17.9 Å². The van der Waals surface area contributed by atoms with Crippen LogP contribution in [-0.4, -0.2) is 37.0 Å². The van der Waals surface area contributed by atoms with E-state index in [1.54, 1.807) is 10.7 Å². The minimum absolute atomic E-state index is 0.247. The first-order valence-electron chi connectivity index (χ1n) is 8.30. The summed E-state index contributed by atoms with van der Waals surface area (Å²) in [4.78, 5) is 2.46. The molecule has 0 spiro atoms. The fourth-order valence-electron chi connectivity index (χ4n) is 3.35. The average Bonchev–Trinajstić information content (AvgIpc) is 3.32. The number of nitrogens with zero attached hydrogens (tertiary/aromatic N) is 5. The van der Waals surface area contributed by atoms with Gasteiger partial charge in [0, 0.05) is 31.2 Å². The zero-order chi connectivity index (χ0) is 16.4. The highest BCUT2D eigenvalue weighted by molar-refractivity contribution is 5.31. The third kappa shape index (κ3) is 3.23. The van der Waals surface area contributed by atoms with Gasteiger partial charge in [0.2, 0.25) is 0 Å². The second-order valence-corrected chi connectivity index (χ2v) is 6.23. The van der Waals surface area contributed by atoms with E-state index in [4.69, 9.17) is 0 Å². The van der Waals surface area contributed by atoms with Crippen LogP contribution < -0.4 is 0 Å². The van der Waals surface area contributed by atoms with Gasteiger partial charge in [0.1, 0.15) is 5.82 Å². The second-order valence-electron chi connectivity index (χ2n) is 6.23. The van der Waals surface area contributed by atoms with E-state index >= 15 is 0 Å². The molecule has 1 saturated heterocycles. The highest BCUT2D eigenvalue weighted by atomic mass is 19.1. The van der Waals surface area contributed by atoms with E-state index in [0.29, 0.717) is 6.04 Å². The first-order chi connectivity index (χ1) is 11.8. The lowest BCUT2D eigenvalue weighted by Crippen LogP contribution is -2.32. The predicted octanol–water partition coefficient (Wildman–Crippen LogP) is 2.87. The Bertz CT molecular complexity index is 795. The second kappa shape index (κ2) is 6.57. The Hall–Kier alpha value is -2.47. The number of benzene rings is 1. The maximum atomic E-state index is 13.4. The van der Waals surface area contributed by atoms with Crippen molar-refractivity contribution in [3.05, 3.63) is 66.5 Å². The SMILES string of the molecule is Fc1cccc(-n2ccc(CN3CCC[C@@H]3Cn3cccn3)n2)c1. The Kier molecular flexibility index (Phi) is 4.13. The van der Waals surface area contributed by atoms with Crippen molar-refractivity contribution in [1.29, 1.82) is 0 Å². The lowest BCUT2D eigenvalue weighted by molar-refractivity contribution is 0.216. The molecule has 0 saturated carbocycles. The van der Waals surface area contributed by atoms with Crippen LogP contribution in [-0.2, 0) is 13.1 Å². The van der Waals surface area contributed by atoms with Crippen LogP contribution in [0, 0.1) is 5.82 Å². The lowest BCUT2D eigenvalue weighted by atomic mass is 10.2. The molecule has 24 heavy (non-hydrogen) atoms. The Labute approximate surface area is 140 Å². The summed E-state index contributed by atoms with van der Waals surface area (Å²) in [6.07, 6.45) is 8.11. The molecular weight excluding hydrogens is 305 g/mol. The van der Waals surface area contributed by atoms with Crippen LogP contribution in [0.4, 0.5) is 4.39 Å². The van der Waals surface area contributed by atoms with Crippen LogP contribution >= 0.6 is 0 Å². The van der Waals surface area contributed by atoms with E-state index < -0.39 is 0 Å². The van der Waals surface area contributed by atoms with Crippen molar-refractivity contribution in [3.8, 4) is 5.69 Å². The Morgan fingerprint density at radius 3 is 2.96 bits per heavy atom. The molecule has 124 valence electrons. The van der Waals surface area contributed by atoms with Crippen molar-refractivity contribution in [2.45, 2.75) is 32.0 Å². The van der Waals surface area contributed by atoms with E-state index in [1.807, 2.05) is 41.5 Å². The van der Waals surface area contributed by atoms with Gasteiger partial charge in [-0.25, -0.2) is 9.07 Å². The van der Waals surface area contributed by atoms with Crippen LogP contribution in [0.1, 0.15) is 18.5 Å². The van der Waals surface area contributed by atoms with Gasteiger partial charge >= 0.3 is 0 Å². The molecule has 0 aliphatic carbocycles. The number of halogens is 1. The molecule has 1 atom stereocenters. The number of hydrogen-bond acceptors (Lipinski definition) is 3. The molecule has 3 aromatic rings. The van der Waals surface area contributed by atoms with Gasteiger partial charge in [-0.05, 0) is 49.7 Å². The summed E-state index contributed by atoms with van der Waals surface area (Å²) < 4.78 is 17.1. The van der Waals surface area contributed by atoms with Gasteiger partial charge in [0.25, 0.3) is 0 Å². The first kappa shape index (κ1) is 15.1. The molecule has 0 bridgehead atoms. The van der Waals surface area contributed by atoms with E-state index in [1.165, 1.54) is 25.0 Å². The minimum Gasteiger partial charge on any atom is -0.293 e. The molecule has 5 nitrogen and oxygen atoms in total. The van der Waals surface area contributed by atoms with E-state index in [0.717, 1.165) is 31.0 Å². The Balaban J connectivity index is 1.45. The van der Waals surface area contributed by atoms with E-state index in [-0.39, 0.29) is 5.82 Å². The van der Waals surface area contributed by atoms with Crippen molar-refractivity contribution in [2.75, 3.05) is 6.54 Å². The average molecular weight is 325 g/mol. The third-order valence-corrected chi connectivity index (χ3v) is 4.54. The summed E-state index contributed by atoms with van der Waals surface area (Å²) >= 11 is 0. The fourth-order valence-corrected chi connectivity index (χ4v) is 3.35. The van der Waals surface area contributed by atoms with Crippen molar-refractivity contribution in [3.63, 3.8) is 0 Å². The molecule has 2 aromatic heterocycles. The van der Waals surface area contributed by atoms with E-state index in [9.17, 15) is 4.39 Å². The highest BCUT2D eigenvalue weighted by Crippen LogP contribution is 2.21. The zero-order valence-corrected chi connectivity index (χ0v) is 13.4. The molecule has 1 aliphatic rings. The molecule has 1 fully saturated rings. The van der Waals surface area contributed by atoms with E-state index in [2.05, 4.69) is 15.1 Å². The summed E-state index contributed by atoms with van der Waals surface area (Å²) in [5.74, 6) is -0.247. The topological polar surface area (TPSA) is 38.9 Å². The molecule has 1 aliphatic heterocycles. The first-order valence-corrected chi connectivity index (χ1v) is 8.30. The standard InChI is InChI=1S/C18H20FN5/c19-15-4-1-5-17(12-15)24-11-7-16(21-24)13-22-9-2-6-18(22)14-23-10-3-8-20-23/h1,3-5,7-8,10-12,18H,2,6,9,13-14H2/t18-/m1/s1. The monoisotopic (exact) mass is 325 g/mol. The molecule has 0 radical (unpaired) electrons. The van der Waals surface area contributed by atoms with Gasteiger partial charge in [0.15, 0.2) is 0 Å². The molecule has 6 heteroatoms. The third-order valence-electron chi connectivity index (χ3n) is 4.54. The van der Waals surface area contributed by atoms with Crippen LogP contribution in [0.15, 0.2) is 55.0 Å². The quantitative estimate of drug-likeness (QED) is 0.724. The molecule has 0 amide bonds. The zero-order valence-electron chi connectivity index (χ0n) is 13.4. The fraction of sp³-hybridized carbons (Fsp3) is 0.333. The molecular formula is C18H20FN5. The van der Waals surface area contributed by atoms with Gasteiger partial charge in [-0.1, -0.05) is 6.07 Å². The summed E-state index contributed by atoms with van der Waals surface area (Å²) in [6, 6.07) is 11.0. The number of hydrogen-bond donors (Lipinski definition) is 0. The summed E-state index contributed by atoms with van der Waals surface area (Å²) in [7, 11) is 0. The van der Waals surface area contributed by atoms with Gasteiger partial charge < -0.3 is 0 Å². The maximum Gasteiger partial charge on any atom is 0.125 e. The Morgan fingerprint density at radius 1 is 1.17 bits per heavy atom. The van der Waals surface area contributed by atoms with Crippen LogP contribution in [0.2, 0.25) is 0 Å². The molecule has 0 unspecified atom stereocenters. The minimum atomic E-state index is -0.247. The van der Waals surface area contributed by atoms with Crippen molar-refractivity contribution < 1.29 is 4.39 Å². The number of aromatic nitrogens is 4. The molecule has 3 heterocycles. The highest BCUT2D eigenvalue weighted by Gasteiger charge is 2.25. The van der Waals surface area contributed by atoms with Crippen molar-refractivity contribution in [2.24, 2.45) is 0 Å². The smallest absolute Gasteiger partial charge is 0.125 e. The molecule has 4 rings (SSSR count).